The lowest BCUT2D eigenvalue weighted by Crippen LogP contribution is -1.92. The van der Waals surface area contributed by atoms with Crippen LogP contribution in [0.15, 0.2) is 30.3 Å². The predicted molar refractivity (Wildman–Crippen MR) is 78.1 cm³/mol. The summed E-state index contributed by atoms with van der Waals surface area (Å²) in [5, 5.41) is 0. The molecular formula is C18H20. The van der Waals surface area contributed by atoms with Gasteiger partial charge in [0.15, 0.2) is 0 Å². The predicted octanol–water partition coefficient (Wildman–Crippen LogP) is 4.77. The molecule has 0 heterocycles. The maximum atomic E-state index is 2.39. The summed E-state index contributed by atoms with van der Waals surface area (Å²) in [6.45, 7) is 6.62. The normalized spacial score (nSPS) is 13.7. The maximum Gasteiger partial charge on any atom is -0.0146 e. The minimum atomic E-state index is 1.21. The van der Waals surface area contributed by atoms with Crippen molar-refractivity contribution in [3.8, 4) is 11.1 Å². The highest BCUT2D eigenvalue weighted by molar-refractivity contribution is 5.73. The summed E-state index contributed by atoms with van der Waals surface area (Å²) >= 11 is 0. The van der Waals surface area contributed by atoms with Gasteiger partial charge < -0.3 is 0 Å². The molecule has 0 nitrogen and oxygen atoms in total. The van der Waals surface area contributed by atoms with Crippen LogP contribution in [0.1, 0.15) is 34.2 Å². The average Bonchev–Trinajstić information content (AvgIpc) is 2.50. The highest BCUT2D eigenvalue weighted by atomic mass is 14.2. The van der Waals surface area contributed by atoms with E-state index in [-0.39, 0.29) is 0 Å². The second-order valence-corrected chi connectivity index (χ2v) is 5.61. The van der Waals surface area contributed by atoms with Crippen LogP contribution in [0, 0.1) is 20.8 Å². The lowest BCUT2D eigenvalue weighted by atomic mass is 9.92. The van der Waals surface area contributed by atoms with Gasteiger partial charge in [0.2, 0.25) is 0 Å². The molecule has 1 aliphatic carbocycles. The molecule has 0 atom stereocenters. The minimum Gasteiger partial charge on any atom is -0.0590 e. The zero-order valence-corrected chi connectivity index (χ0v) is 11.5. The van der Waals surface area contributed by atoms with Gasteiger partial charge in [-0.1, -0.05) is 35.9 Å². The highest BCUT2D eigenvalue weighted by Gasteiger charge is 2.15. The topological polar surface area (TPSA) is 0 Å². The molecule has 0 radical (unpaired) electrons. The molecule has 0 fully saturated rings. The molecule has 0 saturated heterocycles. The Morgan fingerprint density at radius 3 is 2.22 bits per heavy atom. The Morgan fingerprint density at radius 2 is 1.39 bits per heavy atom. The number of fused-ring (bicyclic) bond motifs is 3. The molecule has 2 aromatic rings. The number of hydrogen-bond donors (Lipinski definition) is 0. The van der Waals surface area contributed by atoms with E-state index in [0.717, 1.165) is 0 Å². The van der Waals surface area contributed by atoms with Crippen LogP contribution >= 0.6 is 0 Å². The van der Waals surface area contributed by atoms with E-state index in [2.05, 4.69) is 51.1 Å². The summed E-state index contributed by atoms with van der Waals surface area (Å²) in [4.78, 5) is 0. The summed E-state index contributed by atoms with van der Waals surface area (Å²) in [5.74, 6) is 0. The van der Waals surface area contributed by atoms with E-state index < -0.39 is 0 Å². The highest BCUT2D eigenvalue weighted by Crippen LogP contribution is 2.34. The third-order valence-electron chi connectivity index (χ3n) is 4.17. The van der Waals surface area contributed by atoms with E-state index in [9.17, 15) is 0 Å². The number of benzene rings is 2. The molecule has 0 unspecified atom stereocenters. The molecule has 2 aromatic carbocycles. The molecular weight excluding hydrogens is 216 g/mol. The molecule has 0 aliphatic heterocycles. The van der Waals surface area contributed by atoms with Crippen LogP contribution in [0.3, 0.4) is 0 Å². The van der Waals surface area contributed by atoms with Gasteiger partial charge in [0.25, 0.3) is 0 Å². The first-order valence-corrected chi connectivity index (χ1v) is 6.85. The Balaban J connectivity index is 2.29. The van der Waals surface area contributed by atoms with Crippen molar-refractivity contribution in [3.05, 3.63) is 58.1 Å². The minimum absolute atomic E-state index is 1.21. The second kappa shape index (κ2) is 4.28. The fraction of sp³-hybridized carbons (Fsp3) is 0.333. The van der Waals surface area contributed by atoms with Gasteiger partial charge >= 0.3 is 0 Å². The zero-order valence-electron chi connectivity index (χ0n) is 11.5. The summed E-state index contributed by atoms with van der Waals surface area (Å²) in [6, 6.07) is 11.7. The van der Waals surface area contributed by atoms with Gasteiger partial charge in [-0.3, -0.25) is 0 Å². The van der Waals surface area contributed by atoms with Crippen molar-refractivity contribution in [3.63, 3.8) is 0 Å². The monoisotopic (exact) mass is 236 g/mol. The Bertz CT molecular complexity index is 606. The van der Waals surface area contributed by atoms with Crippen molar-refractivity contribution in [1.29, 1.82) is 0 Å². The largest absolute Gasteiger partial charge is 0.0590 e. The second-order valence-electron chi connectivity index (χ2n) is 5.61. The number of rotatable bonds is 0. The lowest BCUT2D eigenvalue weighted by Gasteiger charge is -2.13. The van der Waals surface area contributed by atoms with Crippen molar-refractivity contribution < 1.29 is 0 Å². The van der Waals surface area contributed by atoms with Crippen molar-refractivity contribution in [2.75, 3.05) is 0 Å². The Kier molecular flexibility index (Phi) is 2.74. The van der Waals surface area contributed by atoms with Crippen molar-refractivity contribution in [2.24, 2.45) is 0 Å². The van der Waals surface area contributed by atoms with Crippen LogP contribution in [-0.2, 0) is 12.8 Å². The Hall–Kier alpha value is -1.56. The maximum absolute atomic E-state index is 2.39. The molecule has 0 aromatic heterocycles. The zero-order chi connectivity index (χ0) is 12.7. The molecule has 0 N–H and O–H groups in total. The van der Waals surface area contributed by atoms with E-state index in [0.29, 0.717) is 0 Å². The fourth-order valence-corrected chi connectivity index (χ4v) is 2.96. The van der Waals surface area contributed by atoms with Crippen molar-refractivity contribution in [2.45, 2.75) is 40.0 Å². The van der Waals surface area contributed by atoms with Gasteiger partial charge in [0.1, 0.15) is 0 Å². The van der Waals surface area contributed by atoms with Crippen LogP contribution < -0.4 is 0 Å². The molecule has 18 heavy (non-hydrogen) atoms. The molecule has 0 spiro atoms. The van der Waals surface area contributed by atoms with Crippen LogP contribution in [0.2, 0.25) is 0 Å². The first-order valence-electron chi connectivity index (χ1n) is 6.85. The number of aryl methyl sites for hydroxylation is 5. The summed E-state index contributed by atoms with van der Waals surface area (Å²) in [7, 11) is 0. The standard InChI is InChI=1S/C18H20/c1-12-7-8-15-5-4-6-16-10-13(2)14(3)11-18(16)17(15)9-12/h7-11H,4-6H2,1-3H3. The van der Waals surface area contributed by atoms with E-state index in [1.54, 1.807) is 0 Å². The fourth-order valence-electron chi connectivity index (χ4n) is 2.96. The third-order valence-corrected chi connectivity index (χ3v) is 4.17. The third kappa shape index (κ3) is 1.86. The van der Waals surface area contributed by atoms with E-state index in [4.69, 9.17) is 0 Å². The summed E-state index contributed by atoms with van der Waals surface area (Å²) in [5.41, 5.74) is 10.2. The molecule has 0 bridgehead atoms. The van der Waals surface area contributed by atoms with Gasteiger partial charge in [-0.2, -0.15) is 0 Å². The van der Waals surface area contributed by atoms with Gasteiger partial charge in [-0.25, -0.2) is 0 Å². The number of hydrogen-bond acceptors (Lipinski definition) is 0. The van der Waals surface area contributed by atoms with Crippen molar-refractivity contribution in [1.82, 2.24) is 0 Å². The molecule has 92 valence electrons. The SMILES string of the molecule is Cc1ccc2c(c1)-c1cc(C)c(C)cc1CCC2. The summed E-state index contributed by atoms with van der Waals surface area (Å²) in [6.07, 6.45) is 3.69. The Morgan fingerprint density at radius 1 is 0.722 bits per heavy atom. The first kappa shape index (κ1) is 11.5. The molecule has 0 saturated carbocycles. The van der Waals surface area contributed by atoms with Gasteiger partial charge in [-0.15, -0.1) is 0 Å². The van der Waals surface area contributed by atoms with Crippen LogP contribution in [-0.4, -0.2) is 0 Å². The quantitative estimate of drug-likeness (QED) is 0.618. The first-order chi connectivity index (χ1) is 8.65. The van der Waals surface area contributed by atoms with E-state index in [1.807, 2.05) is 0 Å². The summed E-state index contributed by atoms with van der Waals surface area (Å²) < 4.78 is 0. The van der Waals surface area contributed by atoms with Crippen LogP contribution in [0.4, 0.5) is 0 Å². The van der Waals surface area contributed by atoms with Gasteiger partial charge in [0.05, 0.1) is 0 Å². The Labute approximate surface area is 110 Å². The molecule has 0 heteroatoms. The average molecular weight is 236 g/mol. The molecule has 0 amide bonds. The molecule has 1 aliphatic rings. The lowest BCUT2D eigenvalue weighted by molar-refractivity contribution is 0.833. The van der Waals surface area contributed by atoms with Crippen LogP contribution in [0.25, 0.3) is 11.1 Å². The molecule has 3 rings (SSSR count). The smallest absolute Gasteiger partial charge is 0.0146 e. The van der Waals surface area contributed by atoms with Gasteiger partial charge in [0, 0.05) is 0 Å². The van der Waals surface area contributed by atoms with E-state index in [1.165, 1.54) is 58.2 Å². The van der Waals surface area contributed by atoms with Crippen molar-refractivity contribution >= 4 is 0 Å². The van der Waals surface area contributed by atoms with Gasteiger partial charge in [-0.05, 0) is 73.4 Å². The van der Waals surface area contributed by atoms with Crippen LogP contribution in [0.5, 0.6) is 0 Å². The van der Waals surface area contributed by atoms with E-state index >= 15 is 0 Å².